The number of carbonyl (C=O) groups excluding carboxylic acids is 2. The lowest BCUT2D eigenvalue weighted by atomic mass is 9.93. The molecule has 3 aromatic rings. The number of anilines is 1. The van der Waals surface area contributed by atoms with Crippen LogP contribution in [0.2, 0.25) is 5.02 Å². The fourth-order valence-electron chi connectivity index (χ4n) is 5.02. The molecule has 3 heterocycles. The molecule has 2 aliphatic rings. The number of hydrogen-bond donors (Lipinski definition) is 2. The highest BCUT2D eigenvalue weighted by atomic mass is 35.5. The first-order chi connectivity index (χ1) is 17.2. The van der Waals surface area contributed by atoms with Crippen molar-refractivity contribution in [2.45, 2.75) is 32.0 Å². The van der Waals surface area contributed by atoms with Crippen LogP contribution in [0.4, 0.5) is 14.5 Å². The average molecular weight is 515 g/mol. The summed E-state index contributed by atoms with van der Waals surface area (Å²) in [5, 5.41) is 3.91. The van der Waals surface area contributed by atoms with E-state index in [1.54, 1.807) is 11.0 Å². The quantitative estimate of drug-likeness (QED) is 0.550. The van der Waals surface area contributed by atoms with Gasteiger partial charge in [0.15, 0.2) is 0 Å². The second-order valence-corrected chi connectivity index (χ2v) is 9.71. The monoisotopic (exact) mass is 514 g/mol. The third-order valence-corrected chi connectivity index (χ3v) is 7.21. The van der Waals surface area contributed by atoms with Gasteiger partial charge in [0.25, 0.3) is 11.5 Å². The van der Waals surface area contributed by atoms with Gasteiger partial charge >= 0.3 is 0 Å². The van der Waals surface area contributed by atoms with Gasteiger partial charge in [0, 0.05) is 18.1 Å². The van der Waals surface area contributed by atoms with Gasteiger partial charge in [-0.25, -0.2) is 8.78 Å². The van der Waals surface area contributed by atoms with Crippen LogP contribution in [0.15, 0.2) is 41.2 Å². The normalized spacial score (nSPS) is 19.4. The molecule has 0 saturated carbocycles. The lowest BCUT2D eigenvalue weighted by Gasteiger charge is -2.35. The Balaban J connectivity index is 1.34. The highest BCUT2D eigenvalue weighted by Gasteiger charge is 2.29. The number of likely N-dealkylation sites (tertiary alicyclic amines) is 1. The first kappa shape index (κ1) is 24.2. The zero-order chi connectivity index (χ0) is 25.6. The molecule has 5 rings (SSSR count). The van der Waals surface area contributed by atoms with E-state index in [2.05, 4.69) is 10.3 Å². The molecular formula is C26H25ClF2N4O3. The fourth-order valence-corrected chi connectivity index (χ4v) is 5.22. The van der Waals surface area contributed by atoms with E-state index in [4.69, 9.17) is 11.6 Å². The van der Waals surface area contributed by atoms with Crippen molar-refractivity contribution in [1.29, 1.82) is 0 Å². The molecule has 188 valence electrons. The number of aromatic amines is 1. The highest BCUT2D eigenvalue weighted by Crippen LogP contribution is 2.31. The molecule has 0 bridgehead atoms. The molecule has 1 saturated heterocycles. The summed E-state index contributed by atoms with van der Waals surface area (Å²) in [7, 11) is 0. The molecule has 2 aliphatic heterocycles. The van der Waals surface area contributed by atoms with E-state index in [1.807, 2.05) is 19.1 Å². The van der Waals surface area contributed by atoms with Crippen molar-refractivity contribution >= 4 is 39.9 Å². The number of H-pyrrole nitrogens is 1. The SMILES string of the molecule is C[C@H]1c2ccc(Cl)cc2CCN1C(=O)CNc1cc2cc(C(=O)N3CC[C@@H](F)C3)[nH]c(=O)c2cc1F. The minimum absolute atomic E-state index is 0.0103. The predicted molar refractivity (Wildman–Crippen MR) is 134 cm³/mol. The number of nitrogens with zero attached hydrogens (tertiary/aromatic N) is 2. The summed E-state index contributed by atoms with van der Waals surface area (Å²) in [6.07, 6.45) is -0.153. The molecule has 2 aromatic carbocycles. The summed E-state index contributed by atoms with van der Waals surface area (Å²) >= 11 is 6.09. The molecule has 2 atom stereocenters. The van der Waals surface area contributed by atoms with Crippen LogP contribution in [-0.4, -0.2) is 58.9 Å². The largest absolute Gasteiger partial charge is 0.374 e. The van der Waals surface area contributed by atoms with Gasteiger partial charge in [-0.3, -0.25) is 14.4 Å². The molecule has 1 fully saturated rings. The fraction of sp³-hybridized carbons (Fsp3) is 0.346. The Labute approximate surface area is 211 Å². The van der Waals surface area contributed by atoms with E-state index in [0.29, 0.717) is 23.4 Å². The van der Waals surface area contributed by atoms with Crippen molar-refractivity contribution in [2.24, 2.45) is 0 Å². The number of carbonyl (C=O) groups is 2. The topological polar surface area (TPSA) is 85.5 Å². The lowest BCUT2D eigenvalue weighted by molar-refractivity contribution is -0.131. The van der Waals surface area contributed by atoms with E-state index >= 15 is 0 Å². The van der Waals surface area contributed by atoms with Crippen molar-refractivity contribution < 1.29 is 18.4 Å². The van der Waals surface area contributed by atoms with Gasteiger partial charge in [0.1, 0.15) is 17.7 Å². The summed E-state index contributed by atoms with van der Waals surface area (Å²) in [6.45, 7) is 2.56. The van der Waals surface area contributed by atoms with Gasteiger partial charge in [0.05, 0.1) is 30.2 Å². The Hall–Kier alpha value is -3.46. The van der Waals surface area contributed by atoms with Crippen LogP contribution in [0.3, 0.4) is 0 Å². The number of fused-ring (bicyclic) bond motifs is 2. The van der Waals surface area contributed by atoms with Crippen molar-refractivity contribution in [3.05, 3.63) is 74.4 Å². The first-order valence-corrected chi connectivity index (χ1v) is 12.2. The first-order valence-electron chi connectivity index (χ1n) is 11.8. The summed E-state index contributed by atoms with van der Waals surface area (Å²) in [4.78, 5) is 43.8. The maximum atomic E-state index is 14.8. The van der Waals surface area contributed by atoms with Crippen molar-refractivity contribution in [2.75, 3.05) is 31.5 Å². The van der Waals surface area contributed by atoms with Crippen LogP contribution in [-0.2, 0) is 11.2 Å². The van der Waals surface area contributed by atoms with E-state index in [9.17, 15) is 23.2 Å². The van der Waals surface area contributed by atoms with Crippen molar-refractivity contribution in [3.8, 4) is 0 Å². The molecule has 0 spiro atoms. The zero-order valence-corrected chi connectivity index (χ0v) is 20.4. The van der Waals surface area contributed by atoms with Gasteiger partial charge in [-0.15, -0.1) is 0 Å². The number of amides is 2. The van der Waals surface area contributed by atoms with Gasteiger partial charge in [-0.1, -0.05) is 17.7 Å². The predicted octanol–water partition coefficient (Wildman–Crippen LogP) is 4.06. The number of halogens is 3. The Bertz CT molecular complexity index is 1430. The molecule has 0 radical (unpaired) electrons. The van der Waals surface area contributed by atoms with Crippen LogP contribution < -0.4 is 10.9 Å². The highest BCUT2D eigenvalue weighted by molar-refractivity contribution is 6.30. The summed E-state index contributed by atoms with van der Waals surface area (Å²) in [6, 6.07) is 9.42. The number of alkyl halides is 1. The number of hydrogen-bond acceptors (Lipinski definition) is 4. The Morgan fingerprint density at radius 1 is 1.19 bits per heavy atom. The number of aromatic nitrogens is 1. The standard InChI is InChI=1S/C26H25ClF2N4O3/c1-14-19-3-2-17(27)8-15(19)4-7-33(14)24(34)12-30-22-9-16-10-23(26(36)32-6-5-18(28)13-32)31-25(35)20(16)11-21(22)29/h2-3,8-11,14,18,30H,4-7,12-13H2,1H3,(H,31,35)/t14-,18+/m0/s1. The molecule has 0 unspecified atom stereocenters. The van der Waals surface area contributed by atoms with E-state index in [1.165, 1.54) is 17.0 Å². The maximum Gasteiger partial charge on any atom is 0.270 e. The number of pyridine rings is 1. The van der Waals surface area contributed by atoms with Crippen LogP contribution in [0.1, 0.15) is 41.0 Å². The minimum atomic E-state index is -1.09. The lowest BCUT2D eigenvalue weighted by Crippen LogP contribution is -2.41. The molecule has 0 aliphatic carbocycles. The van der Waals surface area contributed by atoms with E-state index < -0.39 is 23.5 Å². The minimum Gasteiger partial charge on any atom is -0.374 e. The summed E-state index contributed by atoms with van der Waals surface area (Å²) in [5.74, 6) is -1.37. The van der Waals surface area contributed by atoms with Gasteiger partial charge in [0.2, 0.25) is 5.91 Å². The van der Waals surface area contributed by atoms with Crippen LogP contribution >= 0.6 is 11.6 Å². The number of nitrogens with one attached hydrogen (secondary N) is 2. The Kier molecular flexibility index (Phi) is 6.42. The van der Waals surface area contributed by atoms with Crippen molar-refractivity contribution in [1.82, 2.24) is 14.8 Å². The van der Waals surface area contributed by atoms with Crippen LogP contribution in [0.25, 0.3) is 10.8 Å². The summed E-state index contributed by atoms with van der Waals surface area (Å²) in [5.41, 5.74) is 1.58. The molecule has 1 aromatic heterocycles. The molecule has 10 heteroatoms. The Morgan fingerprint density at radius 2 is 2.00 bits per heavy atom. The molecule has 7 nitrogen and oxygen atoms in total. The molecule has 2 N–H and O–H groups in total. The Morgan fingerprint density at radius 3 is 2.75 bits per heavy atom. The third-order valence-electron chi connectivity index (χ3n) is 6.98. The van der Waals surface area contributed by atoms with Gasteiger partial charge in [-0.05, 0) is 66.6 Å². The van der Waals surface area contributed by atoms with Gasteiger partial charge < -0.3 is 20.1 Å². The maximum absolute atomic E-state index is 14.8. The molecule has 2 amide bonds. The number of benzene rings is 2. The van der Waals surface area contributed by atoms with Crippen LogP contribution in [0, 0.1) is 5.82 Å². The summed E-state index contributed by atoms with van der Waals surface area (Å²) < 4.78 is 28.3. The second-order valence-electron chi connectivity index (χ2n) is 9.28. The average Bonchev–Trinajstić information content (AvgIpc) is 3.28. The zero-order valence-electron chi connectivity index (χ0n) is 19.6. The second kappa shape index (κ2) is 9.54. The van der Waals surface area contributed by atoms with E-state index in [0.717, 1.165) is 17.2 Å². The van der Waals surface area contributed by atoms with Crippen molar-refractivity contribution in [3.63, 3.8) is 0 Å². The van der Waals surface area contributed by atoms with Gasteiger partial charge in [-0.2, -0.15) is 0 Å². The molecule has 36 heavy (non-hydrogen) atoms. The smallest absolute Gasteiger partial charge is 0.270 e. The number of rotatable bonds is 4. The van der Waals surface area contributed by atoms with E-state index in [-0.39, 0.29) is 54.8 Å². The molecular weight excluding hydrogens is 490 g/mol. The van der Waals surface area contributed by atoms with Crippen LogP contribution in [0.5, 0.6) is 0 Å². The third kappa shape index (κ3) is 4.55.